The first-order valence-corrected chi connectivity index (χ1v) is 7.59. The van der Waals surface area contributed by atoms with Crippen LogP contribution >= 0.6 is 0 Å². The lowest BCUT2D eigenvalue weighted by molar-refractivity contribution is -0.357. The molecule has 0 heterocycles. The van der Waals surface area contributed by atoms with Crippen LogP contribution in [0.5, 0.6) is 0 Å². The number of hydrogen-bond donors (Lipinski definition) is 0. The Morgan fingerprint density at radius 3 is 1.44 bits per heavy atom. The fraction of sp³-hybridized carbons (Fsp3) is 0.786. The molecule has 0 aromatic rings. The van der Waals surface area contributed by atoms with Gasteiger partial charge < -0.3 is 4.74 Å². The van der Waals surface area contributed by atoms with Gasteiger partial charge in [-0.3, -0.25) is 0 Å². The summed E-state index contributed by atoms with van der Waals surface area (Å²) in [6.07, 6.45) is -22.3. The second-order valence-corrected chi connectivity index (χ2v) is 6.26. The van der Waals surface area contributed by atoms with E-state index in [4.69, 9.17) is 0 Å². The molecule has 190 valence electrons. The number of esters is 1. The van der Waals surface area contributed by atoms with Gasteiger partial charge in [0.25, 0.3) is 5.92 Å². The highest BCUT2D eigenvalue weighted by atomic mass is 19.4. The van der Waals surface area contributed by atoms with Crippen LogP contribution in [0.4, 0.5) is 70.2 Å². The highest BCUT2D eigenvalue weighted by molar-refractivity contribution is 5.89. The van der Waals surface area contributed by atoms with E-state index < -0.39 is 79.4 Å². The Bertz CT molecular complexity index is 688. The summed E-state index contributed by atoms with van der Waals surface area (Å²) in [4.78, 5) is 10.8. The van der Waals surface area contributed by atoms with E-state index in [1.807, 2.05) is 0 Å². The molecule has 0 fully saturated rings. The van der Waals surface area contributed by atoms with Crippen LogP contribution in [0.25, 0.3) is 0 Å². The van der Waals surface area contributed by atoms with Gasteiger partial charge in [0.15, 0.2) is 0 Å². The maximum absolute atomic E-state index is 13.4. The summed E-state index contributed by atoms with van der Waals surface area (Å²) in [6, 6.07) is 0. The van der Waals surface area contributed by atoms with Crippen molar-refractivity contribution < 1.29 is 79.8 Å². The number of carbonyl (C=O) groups excluding carboxylic acids is 1. The minimum Gasteiger partial charge on any atom is -0.462 e. The number of carbonyl (C=O) groups is 1. The van der Waals surface area contributed by atoms with E-state index in [0.717, 1.165) is 0 Å². The Kier molecular flexibility index (Phi) is 8.27. The Morgan fingerprint density at radius 1 is 0.656 bits per heavy atom. The molecule has 0 unspecified atom stereocenters. The average molecular weight is 514 g/mol. The Balaban J connectivity index is 5.38. The number of hydrogen-bond acceptors (Lipinski definition) is 2. The molecule has 0 radical (unpaired) electrons. The van der Waals surface area contributed by atoms with Gasteiger partial charge in [0.1, 0.15) is 5.57 Å². The minimum absolute atomic E-state index is 1.84. The third kappa shape index (κ3) is 7.05. The third-order valence-electron chi connectivity index (χ3n) is 3.55. The van der Waals surface area contributed by atoms with E-state index in [0.29, 0.717) is 0 Å². The highest BCUT2D eigenvalue weighted by Crippen LogP contribution is 2.55. The van der Waals surface area contributed by atoms with Crippen molar-refractivity contribution in [3.8, 4) is 0 Å². The predicted molar refractivity (Wildman–Crippen MR) is 70.8 cm³/mol. The molecule has 0 spiro atoms. The average Bonchev–Trinajstić information content (AvgIpc) is 2.49. The first-order chi connectivity index (χ1) is 13.7. The van der Waals surface area contributed by atoms with Crippen LogP contribution in [-0.2, 0) is 9.53 Å². The minimum atomic E-state index is -7.15. The van der Waals surface area contributed by atoms with Crippen molar-refractivity contribution in [3.63, 3.8) is 0 Å². The number of alkyl halides is 16. The van der Waals surface area contributed by atoms with E-state index in [2.05, 4.69) is 11.3 Å². The van der Waals surface area contributed by atoms with Crippen molar-refractivity contribution in [1.29, 1.82) is 0 Å². The SMILES string of the molecule is C=C(C(=O)OCCC(F)(F)CC(F)(F)C(F)(F)C(F)(F)CC(F)(F)C(F)(F)F)C(F)(F)F. The first kappa shape index (κ1) is 30.1. The largest absolute Gasteiger partial charge is 0.462 e. The molecule has 0 aliphatic carbocycles. The van der Waals surface area contributed by atoms with Gasteiger partial charge in [-0.15, -0.1) is 0 Å². The number of halogens is 16. The summed E-state index contributed by atoms with van der Waals surface area (Å²) >= 11 is 0. The fourth-order valence-electron chi connectivity index (χ4n) is 1.78. The van der Waals surface area contributed by atoms with Crippen LogP contribution in [0.2, 0.25) is 0 Å². The highest BCUT2D eigenvalue weighted by Gasteiger charge is 2.76. The molecule has 18 heteroatoms. The number of ether oxygens (including phenoxy) is 1. The maximum atomic E-state index is 13.4. The zero-order chi connectivity index (χ0) is 26.2. The van der Waals surface area contributed by atoms with Gasteiger partial charge in [0.2, 0.25) is 0 Å². The third-order valence-corrected chi connectivity index (χ3v) is 3.55. The molecule has 0 rings (SSSR count). The van der Waals surface area contributed by atoms with Crippen LogP contribution < -0.4 is 0 Å². The van der Waals surface area contributed by atoms with E-state index in [9.17, 15) is 75.0 Å². The normalized spacial score (nSPS) is 15.0. The second-order valence-electron chi connectivity index (χ2n) is 6.26. The van der Waals surface area contributed by atoms with Crippen molar-refractivity contribution in [1.82, 2.24) is 0 Å². The summed E-state index contributed by atoms with van der Waals surface area (Å²) in [7, 11) is 0. The molecule has 0 aliphatic rings. The maximum Gasteiger partial charge on any atom is 0.453 e. The molecule has 0 aromatic heterocycles. The van der Waals surface area contributed by atoms with E-state index in [1.54, 1.807) is 0 Å². The van der Waals surface area contributed by atoms with Crippen molar-refractivity contribution in [2.75, 3.05) is 6.61 Å². The zero-order valence-electron chi connectivity index (χ0n) is 14.9. The zero-order valence-corrected chi connectivity index (χ0v) is 14.9. The Morgan fingerprint density at radius 2 is 1.06 bits per heavy atom. The van der Waals surface area contributed by atoms with Gasteiger partial charge in [-0.05, 0) is 0 Å². The lowest BCUT2D eigenvalue weighted by atomic mass is 9.93. The summed E-state index contributed by atoms with van der Waals surface area (Å²) in [5.74, 6) is -34.8. The quantitative estimate of drug-likeness (QED) is 0.188. The summed E-state index contributed by atoms with van der Waals surface area (Å²) < 4.78 is 208. The first-order valence-electron chi connectivity index (χ1n) is 7.59. The number of rotatable bonds is 10. The topological polar surface area (TPSA) is 26.3 Å². The summed E-state index contributed by atoms with van der Waals surface area (Å²) in [6.45, 7) is 0.333. The lowest BCUT2D eigenvalue weighted by Gasteiger charge is -2.36. The van der Waals surface area contributed by atoms with Gasteiger partial charge in [0.05, 0.1) is 19.4 Å². The van der Waals surface area contributed by atoms with Crippen LogP contribution in [0.15, 0.2) is 12.2 Å². The van der Waals surface area contributed by atoms with Crippen molar-refractivity contribution in [2.45, 2.75) is 61.2 Å². The molecule has 0 saturated carbocycles. The van der Waals surface area contributed by atoms with Crippen LogP contribution in [0.3, 0.4) is 0 Å². The standard InChI is InChI=1S/C14H10F16O2/c1-6(12(23,24)25)7(31)32-3-2-8(15,16)4-9(17,18)13(26,27)10(19,20)5-11(21,22)14(28,29)30/h1-5H2. The van der Waals surface area contributed by atoms with E-state index in [1.165, 1.54) is 0 Å². The molecule has 0 amide bonds. The summed E-state index contributed by atoms with van der Waals surface area (Å²) in [5.41, 5.74) is -2.23. The molecule has 0 aromatic carbocycles. The monoisotopic (exact) mass is 514 g/mol. The fourth-order valence-corrected chi connectivity index (χ4v) is 1.78. The van der Waals surface area contributed by atoms with Crippen molar-refractivity contribution in [2.24, 2.45) is 0 Å². The molecule has 0 aliphatic heterocycles. The smallest absolute Gasteiger partial charge is 0.453 e. The van der Waals surface area contributed by atoms with Crippen LogP contribution in [-0.4, -0.2) is 54.5 Å². The Labute approximate surface area is 167 Å². The van der Waals surface area contributed by atoms with Gasteiger partial charge in [-0.1, -0.05) is 6.58 Å². The molecule has 0 bridgehead atoms. The molecule has 0 N–H and O–H groups in total. The van der Waals surface area contributed by atoms with E-state index >= 15 is 0 Å². The molecule has 0 atom stereocenters. The Hall–Kier alpha value is -1.91. The van der Waals surface area contributed by atoms with Crippen LogP contribution in [0.1, 0.15) is 19.3 Å². The molecule has 2 nitrogen and oxygen atoms in total. The molecular formula is C14H10F16O2. The van der Waals surface area contributed by atoms with Crippen molar-refractivity contribution >= 4 is 5.97 Å². The predicted octanol–water partition coefficient (Wildman–Crippen LogP) is 6.56. The molecular weight excluding hydrogens is 504 g/mol. The van der Waals surface area contributed by atoms with Gasteiger partial charge in [0, 0.05) is 6.42 Å². The van der Waals surface area contributed by atoms with Gasteiger partial charge in [-0.25, -0.2) is 13.6 Å². The molecule has 0 saturated heterocycles. The van der Waals surface area contributed by atoms with Crippen molar-refractivity contribution in [3.05, 3.63) is 12.2 Å². The lowest BCUT2D eigenvalue weighted by Crippen LogP contribution is -2.58. The van der Waals surface area contributed by atoms with Crippen LogP contribution in [0, 0.1) is 0 Å². The second kappa shape index (κ2) is 8.79. The van der Waals surface area contributed by atoms with Gasteiger partial charge in [-0.2, -0.15) is 61.5 Å². The summed E-state index contributed by atoms with van der Waals surface area (Å²) in [5, 5.41) is 0. The van der Waals surface area contributed by atoms with Gasteiger partial charge >= 0.3 is 42.0 Å². The molecule has 32 heavy (non-hydrogen) atoms. The van der Waals surface area contributed by atoms with E-state index in [-0.39, 0.29) is 0 Å².